The highest BCUT2D eigenvalue weighted by molar-refractivity contribution is 6.39. The Bertz CT molecular complexity index is 1030. The van der Waals surface area contributed by atoms with Crippen LogP contribution in [0.3, 0.4) is 0 Å². The molecule has 1 saturated heterocycles. The Hall–Kier alpha value is -3.72. The molecule has 0 aliphatic carbocycles. The van der Waals surface area contributed by atoms with Gasteiger partial charge in [-0.15, -0.1) is 0 Å². The standard InChI is InChI=1S/C17H10ClN3O6/c18-13-7-9(4-5-14(13)22)6-12-15(23)19-17(25)20(16(12)24)10-2-1-3-11(8-10)21(26)27/h1-8,22H,(H,19,23,25)/b12-6-. The van der Waals surface area contributed by atoms with Gasteiger partial charge in [-0.1, -0.05) is 23.7 Å². The van der Waals surface area contributed by atoms with Gasteiger partial charge < -0.3 is 5.11 Å². The Balaban J connectivity index is 2.03. The van der Waals surface area contributed by atoms with Crippen LogP contribution in [-0.4, -0.2) is 27.9 Å². The third-order valence-corrected chi connectivity index (χ3v) is 3.99. The van der Waals surface area contributed by atoms with Crippen molar-refractivity contribution in [2.24, 2.45) is 0 Å². The number of nitrogens with one attached hydrogen (secondary N) is 1. The zero-order valence-electron chi connectivity index (χ0n) is 13.4. The van der Waals surface area contributed by atoms with Crippen molar-refractivity contribution in [3.8, 4) is 5.75 Å². The number of benzene rings is 2. The van der Waals surface area contributed by atoms with E-state index in [0.717, 1.165) is 6.07 Å². The molecule has 4 amide bonds. The maximum absolute atomic E-state index is 12.7. The van der Waals surface area contributed by atoms with E-state index in [0.29, 0.717) is 10.5 Å². The molecular weight excluding hydrogens is 378 g/mol. The highest BCUT2D eigenvalue weighted by Crippen LogP contribution is 2.27. The Morgan fingerprint density at radius 3 is 2.56 bits per heavy atom. The van der Waals surface area contributed by atoms with Gasteiger partial charge in [0.2, 0.25) is 0 Å². The zero-order valence-corrected chi connectivity index (χ0v) is 14.1. The molecule has 0 saturated carbocycles. The van der Waals surface area contributed by atoms with Crippen LogP contribution < -0.4 is 10.2 Å². The predicted molar refractivity (Wildman–Crippen MR) is 95.2 cm³/mol. The van der Waals surface area contributed by atoms with Gasteiger partial charge in [-0.2, -0.15) is 0 Å². The average molecular weight is 388 g/mol. The summed E-state index contributed by atoms with van der Waals surface area (Å²) in [5.74, 6) is -2.05. The highest BCUT2D eigenvalue weighted by atomic mass is 35.5. The van der Waals surface area contributed by atoms with Crippen molar-refractivity contribution < 1.29 is 24.4 Å². The minimum Gasteiger partial charge on any atom is -0.506 e. The van der Waals surface area contributed by atoms with Crippen molar-refractivity contribution in [1.29, 1.82) is 0 Å². The second kappa shape index (κ2) is 6.89. The van der Waals surface area contributed by atoms with Crippen LogP contribution >= 0.6 is 11.6 Å². The number of nitro benzene ring substituents is 1. The number of non-ortho nitro benzene ring substituents is 1. The number of rotatable bonds is 3. The van der Waals surface area contributed by atoms with Gasteiger partial charge >= 0.3 is 6.03 Å². The molecule has 1 heterocycles. The van der Waals surface area contributed by atoms with Crippen molar-refractivity contribution in [1.82, 2.24) is 5.32 Å². The minimum atomic E-state index is -1.02. The fraction of sp³-hybridized carbons (Fsp3) is 0. The van der Waals surface area contributed by atoms with E-state index >= 15 is 0 Å². The van der Waals surface area contributed by atoms with E-state index in [1.165, 1.54) is 42.5 Å². The normalized spacial score (nSPS) is 15.8. The molecule has 0 atom stereocenters. The first-order valence-electron chi connectivity index (χ1n) is 7.42. The summed E-state index contributed by atoms with van der Waals surface area (Å²) in [5, 5.41) is 22.4. The van der Waals surface area contributed by atoms with E-state index in [9.17, 15) is 29.6 Å². The highest BCUT2D eigenvalue weighted by Gasteiger charge is 2.37. The Morgan fingerprint density at radius 2 is 1.89 bits per heavy atom. The van der Waals surface area contributed by atoms with Crippen LogP contribution in [-0.2, 0) is 9.59 Å². The number of carbonyl (C=O) groups excluding carboxylic acids is 3. The molecule has 27 heavy (non-hydrogen) atoms. The van der Waals surface area contributed by atoms with E-state index in [1.807, 2.05) is 5.32 Å². The van der Waals surface area contributed by atoms with Crippen LogP contribution in [0.2, 0.25) is 5.02 Å². The number of phenols is 1. The van der Waals surface area contributed by atoms with Gasteiger partial charge in [0.1, 0.15) is 11.3 Å². The number of carbonyl (C=O) groups is 3. The molecule has 9 nitrogen and oxygen atoms in total. The summed E-state index contributed by atoms with van der Waals surface area (Å²) in [6, 6.07) is 7.90. The zero-order chi connectivity index (χ0) is 19.7. The molecule has 1 aliphatic heterocycles. The molecule has 0 unspecified atom stereocenters. The van der Waals surface area contributed by atoms with Crippen molar-refractivity contribution >= 4 is 46.9 Å². The van der Waals surface area contributed by atoms with Crippen molar-refractivity contribution in [3.63, 3.8) is 0 Å². The summed E-state index contributed by atoms with van der Waals surface area (Å²) in [4.78, 5) is 47.8. The maximum atomic E-state index is 12.7. The van der Waals surface area contributed by atoms with E-state index < -0.39 is 22.8 Å². The summed E-state index contributed by atoms with van der Waals surface area (Å²) in [6.07, 6.45) is 1.19. The van der Waals surface area contributed by atoms with Gasteiger partial charge in [-0.05, 0) is 29.8 Å². The third-order valence-electron chi connectivity index (χ3n) is 3.68. The number of imide groups is 2. The number of halogens is 1. The summed E-state index contributed by atoms with van der Waals surface area (Å²) in [7, 11) is 0. The second-order valence-corrected chi connectivity index (χ2v) is 5.85. The minimum absolute atomic E-state index is 0.0135. The molecule has 3 rings (SSSR count). The molecule has 2 aromatic rings. The lowest BCUT2D eigenvalue weighted by Gasteiger charge is -2.26. The number of aromatic hydroxyl groups is 1. The first kappa shape index (κ1) is 18.1. The van der Waals surface area contributed by atoms with Gasteiger partial charge in [-0.25, -0.2) is 9.69 Å². The average Bonchev–Trinajstić information content (AvgIpc) is 2.61. The largest absolute Gasteiger partial charge is 0.506 e. The first-order chi connectivity index (χ1) is 12.8. The maximum Gasteiger partial charge on any atom is 0.335 e. The van der Waals surface area contributed by atoms with E-state index in [1.54, 1.807) is 0 Å². The lowest BCUT2D eigenvalue weighted by atomic mass is 10.1. The summed E-state index contributed by atoms with van der Waals surface area (Å²) in [6.45, 7) is 0. The number of barbiturate groups is 1. The van der Waals surface area contributed by atoms with E-state index in [2.05, 4.69) is 0 Å². The van der Waals surface area contributed by atoms with Crippen LogP contribution in [0.25, 0.3) is 6.08 Å². The quantitative estimate of drug-likeness (QED) is 0.360. The van der Waals surface area contributed by atoms with Crippen LogP contribution in [0.1, 0.15) is 5.56 Å². The van der Waals surface area contributed by atoms with E-state index in [4.69, 9.17) is 11.6 Å². The lowest BCUT2D eigenvalue weighted by Crippen LogP contribution is -2.54. The molecule has 1 aliphatic rings. The fourth-order valence-electron chi connectivity index (χ4n) is 2.42. The van der Waals surface area contributed by atoms with Crippen LogP contribution in [0.15, 0.2) is 48.0 Å². The molecule has 2 aromatic carbocycles. The van der Waals surface area contributed by atoms with Gasteiger partial charge in [0.25, 0.3) is 17.5 Å². The smallest absolute Gasteiger partial charge is 0.335 e. The first-order valence-corrected chi connectivity index (χ1v) is 7.80. The van der Waals surface area contributed by atoms with Crippen LogP contribution in [0.4, 0.5) is 16.2 Å². The number of urea groups is 1. The predicted octanol–water partition coefficient (Wildman–Crippen LogP) is 2.62. The van der Waals surface area contributed by atoms with E-state index in [-0.39, 0.29) is 27.7 Å². The van der Waals surface area contributed by atoms with Crippen molar-refractivity contribution in [2.75, 3.05) is 4.90 Å². The van der Waals surface area contributed by atoms with Gasteiger partial charge in [0.05, 0.1) is 15.6 Å². The van der Waals surface area contributed by atoms with Gasteiger partial charge in [-0.3, -0.25) is 25.0 Å². The molecule has 2 N–H and O–H groups in total. The number of phenolic OH excluding ortho intramolecular Hbond substituents is 1. The second-order valence-electron chi connectivity index (χ2n) is 5.45. The Morgan fingerprint density at radius 1 is 1.15 bits per heavy atom. The summed E-state index contributed by atoms with van der Waals surface area (Å²) in [5.41, 5.74) is -0.415. The number of nitrogens with zero attached hydrogens (tertiary/aromatic N) is 2. The van der Waals surface area contributed by atoms with Crippen LogP contribution in [0, 0.1) is 10.1 Å². The van der Waals surface area contributed by atoms with Crippen molar-refractivity contribution in [2.45, 2.75) is 0 Å². The van der Waals surface area contributed by atoms with Gasteiger partial charge in [0.15, 0.2) is 0 Å². The van der Waals surface area contributed by atoms with Gasteiger partial charge in [0, 0.05) is 12.1 Å². The Labute approximate surface area is 156 Å². The number of amides is 4. The number of hydrogen-bond donors (Lipinski definition) is 2. The molecule has 136 valence electrons. The summed E-state index contributed by atoms with van der Waals surface area (Å²) < 4.78 is 0. The molecule has 10 heteroatoms. The number of anilines is 1. The molecular formula is C17H10ClN3O6. The molecule has 0 spiro atoms. The van der Waals surface area contributed by atoms with Crippen LogP contribution in [0.5, 0.6) is 5.75 Å². The molecule has 0 radical (unpaired) electrons. The Kier molecular flexibility index (Phi) is 4.61. The molecule has 1 fully saturated rings. The number of hydrogen-bond acceptors (Lipinski definition) is 6. The number of nitro groups is 1. The third kappa shape index (κ3) is 3.48. The lowest BCUT2D eigenvalue weighted by molar-refractivity contribution is -0.384. The molecule has 0 aromatic heterocycles. The summed E-state index contributed by atoms with van der Waals surface area (Å²) >= 11 is 5.81. The molecule has 0 bridgehead atoms. The fourth-order valence-corrected chi connectivity index (χ4v) is 2.61. The topological polar surface area (TPSA) is 130 Å². The monoisotopic (exact) mass is 387 g/mol. The SMILES string of the molecule is O=C1NC(=O)N(c2cccc([N+](=O)[O-])c2)C(=O)/C1=C\c1ccc(O)c(Cl)c1. The van der Waals surface area contributed by atoms with Crippen molar-refractivity contribution in [3.05, 3.63) is 68.7 Å².